The molecule has 1 amide bonds. The number of carbonyl (C=O) groups is 1. The molecule has 0 aromatic heterocycles. The number of carbonyl (C=O) groups excluding carboxylic acids is 1. The maximum absolute atomic E-state index is 11.5. The van der Waals surface area contributed by atoms with E-state index >= 15 is 0 Å². The van der Waals surface area contributed by atoms with E-state index in [2.05, 4.69) is 17.9 Å². The molecule has 1 unspecified atom stereocenters. The zero-order valence-corrected chi connectivity index (χ0v) is 10.1. The lowest BCUT2D eigenvalue weighted by atomic mass is 10.1. The van der Waals surface area contributed by atoms with Gasteiger partial charge in [-0.1, -0.05) is 36.8 Å². The van der Waals surface area contributed by atoms with Crippen molar-refractivity contribution in [3.8, 4) is 0 Å². The highest BCUT2D eigenvalue weighted by atomic mass is 32.1. The first-order chi connectivity index (χ1) is 7.13. The summed E-state index contributed by atoms with van der Waals surface area (Å²) in [6.45, 7) is 4.51. The van der Waals surface area contributed by atoms with Crippen LogP contribution in [-0.2, 0) is 11.3 Å². The minimum Gasteiger partial charge on any atom is -0.352 e. The Morgan fingerprint density at radius 1 is 1.40 bits per heavy atom. The summed E-state index contributed by atoms with van der Waals surface area (Å²) in [4.78, 5) is 11.5. The molecule has 0 fully saturated rings. The monoisotopic (exact) mass is 223 g/mol. The van der Waals surface area contributed by atoms with Crippen LogP contribution in [-0.4, -0.2) is 11.7 Å². The zero-order chi connectivity index (χ0) is 11.3. The molecule has 2 nitrogen and oxygen atoms in total. The fourth-order valence-corrected chi connectivity index (χ4v) is 1.32. The van der Waals surface area contributed by atoms with Crippen LogP contribution in [0.5, 0.6) is 0 Å². The predicted octanol–water partition coefficient (Wildman–Crippen LogP) is 2.18. The minimum absolute atomic E-state index is 0.0289. The number of amides is 1. The summed E-state index contributed by atoms with van der Waals surface area (Å²) < 4.78 is 0. The molecule has 0 aliphatic heterocycles. The van der Waals surface area contributed by atoms with Gasteiger partial charge in [0, 0.05) is 18.2 Å². The van der Waals surface area contributed by atoms with Crippen molar-refractivity contribution in [2.24, 2.45) is 5.92 Å². The summed E-state index contributed by atoms with van der Waals surface area (Å²) in [5, 5.41) is 2.88. The van der Waals surface area contributed by atoms with Gasteiger partial charge in [-0.25, -0.2) is 0 Å². The number of hydrogen-bond donors (Lipinski definition) is 2. The van der Waals surface area contributed by atoms with Crippen LogP contribution >= 0.6 is 12.6 Å². The Kier molecular flexibility index (Phi) is 4.69. The Bertz CT molecular complexity index is 321. The lowest BCUT2D eigenvalue weighted by Gasteiger charge is -2.09. The molecule has 1 aromatic carbocycles. The summed E-state index contributed by atoms with van der Waals surface area (Å²) in [5.41, 5.74) is 2.36. The van der Waals surface area contributed by atoms with Crippen molar-refractivity contribution in [2.45, 2.75) is 20.4 Å². The van der Waals surface area contributed by atoms with Crippen molar-refractivity contribution in [1.82, 2.24) is 5.32 Å². The molecule has 1 atom stereocenters. The average molecular weight is 223 g/mol. The maximum Gasteiger partial charge on any atom is 0.223 e. The lowest BCUT2D eigenvalue weighted by molar-refractivity contribution is -0.123. The normalized spacial score (nSPS) is 12.2. The summed E-state index contributed by atoms with van der Waals surface area (Å²) in [6.07, 6.45) is 0. The molecule has 82 valence electrons. The van der Waals surface area contributed by atoms with Gasteiger partial charge < -0.3 is 5.32 Å². The van der Waals surface area contributed by atoms with E-state index in [1.54, 1.807) is 0 Å². The first kappa shape index (κ1) is 12.1. The van der Waals surface area contributed by atoms with Gasteiger partial charge >= 0.3 is 0 Å². The first-order valence-corrected chi connectivity index (χ1v) is 5.71. The standard InChI is InChI=1S/C12H17NOS/c1-9-3-5-11(6-4-9)7-13-12(14)10(2)8-15/h3-6,10,15H,7-8H2,1-2H3,(H,13,14). The van der Waals surface area contributed by atoms with Crippen molar-refractivity contribution >= 4 is 18.5 Å². The minimum atomic E-state index is -0.0289. The third kappa shape index (κ3) is 3.96. The molecule has 1 rings (SSSR count). The van der Waals surface area contributed by atoms with Crippen molar-refractivity contribution in [1.29, 1.82) is 0 Å². The highest BCUT2D eigenvalue weighted by molar-refractivity contribution is 7.80. The Labute approximate surface area is 96.5 Å². The van der Waals surface area contributed by atoms with Crippen molar-refractivity contribution in [2.75, 3.05) is 5.75 Å². The van der Waals surface area contributed by atoms with Crippen LogP contribution in [0.4, 0.5) is 0 Å². The molecule has 0 bridgehead atoms. The quantitative estimate of drug-likeness (QED) is 0.753. The third-order valence-electron chi connectivity index (χ3n) is 2.31. The van der Waals surface area contributed by atoms with Crippen LogP contribution in [0.15, 0.2) is 24.3 Å². The van der Waals surface area contributed by atoms with Crippen LogP contribution in [0, 0.1) is 12.8 Å². The average Bonchev–Trinajstić information content (AvgIpc) is 2.26. The predicted molar refractivity (Wildman–Crippen MR) is 66.0 cm³/mol. The van der Waals surface area contributed by atoms with Gasteiger partial charge in [0.2, 0.25) is 5.91 Å². The molecule has 0 aliphatic rings. The van der Waals surface area contributed by atoms with Crippen molar-refractivity contribution < 1.29 is 4.79 Å². The summed E-state index contributed by atoms with van der Waals surface area (Å²) >= 11 is 4.09. The van der Waals surface area contributed by atoms with Gasteiger partial charge in [-0.05, 0) is 12.5 Å². The van der Waals surface area contributed by atoms with Gasteiger partial charge in [-0.2, -0.15) is 12.6 Å². The number of benzene rings is 1. The second-order valence-corrected chi connectivity index (χ2v) is 4.15. The SMILES string of the molecule is Cc1ccc(CNC(=O)C(C)CS)cc1. The number of rotatable bonds is 4. The number of aryl methyl sites for hydroxylation is 1. The van der Waals surface area contributed by atoms with E-state index in [1.807, 2.05) is 38.1 Å². The van der Waals surface area contributed by atoms with E-state index in [1.165, 1.54) is 5.56 Å². The molecule has 0 radical (unpaired) electrons. The van der Waals surface area contributed by atoms with E-state index in [9.17, 15) is 4.79 Å². The molecular formula is C12H17NOS. The highest BCUT2D eigenvalue weighted by Crippen LogP contribution is 2.03. The molecule has 0 saturated carbocycles. The molecule has 1 aromatic rings. The largest absolute Gasteiger partial charge is 0.352 e. The molecule has 3 heteroatoms. The summed E-state index contributed by atoms with van der Waals surface area (Å²) in [6, 6.07) is 8.15. The van der Waals surface area contributed by atoms with E-state index in [0.29, 0.717) is 12.3 Å². The smallest absolute Gasteiger partial charge is 0.223 e. The second kappa shape index (κ2) is 5.81. The van der Waals surface area contributed by atoms with Gasteiger partial charge in [-0.3, -0.25) is 4.79 Å². The third-order valence-corrected chi connectivity index (χ3v) is 2.86. The van der Waals surface area contributed by atoms with Gasteiger partial charge in [-0.15, -0.1) is 0 Å². The molecule has 0 spiro atoms. The summed E-state index contributed by atoms with van der Waals surface area (Å²) in [5.74, 6) is 0.615. The van der Waals surface area contributed by atoms with Gasteiger partial charge in [0.15, 0.2) is 0 Å². The Hall–Kier alpha value is -0.960. The highest BCUT2D eigenvalue weighted by Gasteiger charge is 2.09. The number of thiol groups is 1. The van der Waals surface area contributed by atoms with Crippen LogP contribution in [0.3, 0.4) is 0 Å². The number of hydrogen-bond acceptors (Lipinski definition) is 2. The van der Waals surface area contributed by atoms with E-state index in [4.69, 9.17) is 0 Å². The molecule has 0 heterocycles. The van der Waals surface area contributed by atoms with E-state index < -0.39 is 0 Å². The second-order valence-electron chi connectivity index (χ2n) is 3.79. The zero-order valence-electron chi connectivity index (χ0n) is 9.16. The van der Waals surface area contributed by atoms with Gasteiger partial charge in [0.1, 0.15) is 0 Å². The van der Waals surface area contributed by atoms with Gasteiger partial charge in [0.05, 0.1) is 0 Å². The molecule has 15 heavy (non-hydrogen) atoms. The van der Waals surface area contributed by atoms with Crippen molar-refractivity contribution in [3.05, 3.63) is 35.4 Å². The molecular weight excluding hydrogens is 206 g/mol. The molecule has 0 saturated heterocycles. The fourth-order valence-electron chi connectivity index (χ4n) is 1.15. The Morgan fingerprint density at radius 2 is 2.00 bits per heavy atom. The van der Waals surface area contributed by atoms with E-state index in [0.717, 1.165) is 5.56 Å². The van der Waals surface area contributed by atoms with Crippen LogP contribution in [0.25, 0.3) is 0 Å². The Morgan fingerprint density at radius 3 is 2.53 bits per heavy atom. The Balaban J connectivity index is 2.43. The van der Waals surface area contributed by atoms with Crippen LogP contribution < -0.4 is 5.32 Å². The summed E-state index contributed by atoms with van der Waals surface area (Å²) in [7, 11) is 0. The molecule has 0 aliphatic carbocycles. The fraction of sp³-hybridized carbons (Fsp3) is 0.417. The lowest BCUT2D eigenvalue weighted by Crippen LogP contribution is -2.29. The molecule has 1 N–H and O–H groups in total. The topological polar surface area (TPSA) is 29.1 Å². The van der Waals surface area contributed by atoms with Crippen LogP contribution in [0.1, 0.15) is 18.1 Å². The van der Waals surface area contributed by atoms with Gasteiger partial charge in [0.25, 0.3) is 0 Å². The first-order valence-electron chi connectivity index (χ1n) is 5.07. The maximum atomic E-state index is 11.5. The van der Waals surface area contributed by atoms with Crippen LogP contribution in [0.2, 0.25) is 0 Å². The van der Waals surface area contributed by atoms with Crippen molar-refractivity contribution in [3.63, 3.8) is 0 Å². The van der Waals surface area contributed by atoms with E-state index in [-0.39, 0.29) is 11.8 Å². The number of nitrogens with one attached hydrogen (secondary N) is 1.